The molecule has 2 aromatic rings. The van der Waals surface area contributed by atoms with Crippen LogP contribution in [0.1, 0.15) is 25.7 Å². The van der Waals surface area contributed by atoms with E-state index in [-0.39, 0.29) is 11.8 Å². The molecule has 2 saturated heterocycles. The summed E-state index contributed by atoms with van der Waals surface area (Å²) in [5, 5.41) is 3.02. The van der Waals surface area contributed by atoms with Crippen molar-refractivity contribution in [1.82, 2.24) is 9.97 Å². The predicted octanol–water partition coefficient (Wildman–Crippen LogP) is 2.94. The Labute approximate surface area is 165 Å². The quantitative estimate of drug-likeness (QED) is 0.859. The van der Waals surface area contributed by atoms with E-state index in [4.69, 9.17) is 4.74 Å². The van der Waals surface area contributed by atoms with Gasteiger partial charge in [0.25, 0.3) is 0 Å². The molecular weight excluding hydrogens is 354 g/mol. The van der Waals surface area contributed by atoms with Crippen LogP contribution in [-0.4, -0.2) is 49.2 Å². The largest absolute Gasteiger partial charge is 0.495 e. The third-order valence-electron chi connectivity index (χ3n) is 5.62. The number of nitrogens with zero attached hydrogens (tertiary/aromatic N) is 4. The van der Waals surface area contributed by atoms with Gasteiger partial charge in [0.15, 0.2) is 0 Å². The first kappa shape index (κ1) is 18.5. The number of anilines is 3. The molecule has 0 unspecified atom stereocenters. The molecule has 0 atom stereocenters. The first-order valence-electron chi connectivity index (χ1n) is 10.0. The Kier molecular flexibility index (Phi) is 5.60. The second kappa shape index (κ2) is 8.46. The summed E-state index contributed by atoms with van der Waals surface area (Å²) in [6.07, 6.45) is 5.73. The number of rotatable bonds is 5. The van der Waals surface area contributed by atoms with Crippen molar-refractivity contribution in [3.63, 3.8) is 0 Å². The number of hydrogen-bond acceptors (Lipinski definition) is 6. The smallest absolute Gasteiger partial charge is 0.227 e. The molecule has 1 amide bonds. The Morgan fingerprint density at radius 1 is 1.04 bits per heavy atom. The molecule has 2 aliphatic rings. The van der Waals surface area contributed by atoms with Crippen LogP contribution >= 0.6 is 0 Å². The van der Waals surface area contributed by atoms with Gasteiger partial charge in [-0.3, -0.25) is 4.79 Å². The topological polar surface area (TPSA) is 70.6 Å². The number of carbonyl (C=O) groups excluding carboxylic acids is 1. The van der Waals surface area contributed by atoms with Gasteiger partial charge in [-0.1, -0.05) is 12.1 Å². The fourth-order valence-electron chi connectivity index (χ4n) is 3.98. The van der Waals surface area contributed by atoms with Crippen molar-refractivity contribution >= 4 is 23.2 Å². The van der Waals surface area contributed by atoms with Crippen LogP contribution in [0.2, 0.25) is 0 Å². The van der Waals surface area contributed by atoms with E-state index in [0.717, 1.165) is 56.3 Å². The van der Waals surface area contributed by atoms with Gasteiger partial charge in [-0.2, -0.15) is 0 Å². The fraction of sp³-hybridized carbons (Fsp3) is 0.476. The van der Waals surface area contributed by atoms with Crippen molar-refractivity contribution in [3.05, 3.63) is 36.7 Å². The second-order valence-corrected chi connectivity index (χ2v) is 7.38. The minimum Gasteiger partial charge on any atom is -0.495 e. The number of carbonyl (C=O) groups is 1. The summed E-state index contributed by atoms with van der Waals surface area (Å²) in [6.45, 7) is 3.78. The number of amides is 1. The van der Waals surface area contributed by atoms with E-state index in [1.54, 1.807) is 13.4 Å². The van der Waals surface area contributed by atoms with Gasteiger partial charge < -0.3 is 19.9 Å². The van der Waals surface area contributed by atoms with Crippen molar-refractivity contribution in [2.24, 2.45) is 5.92 Å². The van der Waals surface area contributed by atoms with E-state index in [0.29, 0.717) is 5.75 Å². The van der Waals surface area contributed by atoms with E-state index in [9.17, 15) is 4.79 Å². The summed E-state index contributed by atoms with van der Waals surface area (Å²) in [7, 11) is 1.61. The van der Waals surface area contributed by atoms with Gasteiger partial charge in [-0.05, 0) is 37.8 Å². The zero-order chi connectivity index (χ0) is 19.3. The minimum absolute atomic E-state index is 0.000974. The van der Waals surface area contributed by atoms with Gasteiger partial charge in [-0.25, -0.2) is 9.97 Å². The average Bonchev–Trinajstić information content (AvgIpc) is 3.29. The molecule has 2 fully saturated rings. The van der Waals surface area contributed by atoms with Crippen molar-refractivity contribution < 1.29 is 9.53 Å². The second-order valence-electron chi connectivity index (χ2n) is 7.38. The van der Waals surface area contributed by atoms with Crippen molar-refractivity contribution in [2.45, 2.75) is 25.7 Å². The normalized spacial score (nSPS) is 17.6. The number of methoxy groups -OCH3 is 1. The summed E-state index contributed by atoms with van der Waals surface area (Å²) >= 11 is 0. The Morgan fingerprint density at radius 3 is 2.36 bits per heavy atom. The van der Waals surface area contributed by atoms with Crippen LogP contribution in [0.5, 0.6) is 5.75 Å². The maximum atomic E-state index is 12.7. The summed E-state index contributed by atoms with van der Waals surface area (Å²) < 4.78 is 5.32. The van der Waals surface area contributed by atoms with Crippen LogP contribution in [0, 0.1) is 5.92 Å². The first-order valence-corrected chi connectivity index (χ1v) is 10.0. The highest BCUT2D eigenvalue weighted by Crippen LogP contribution is 2.28. The molecule has 7 nitrogen and oxygen atoms in total. The summed E-state index contributed by atoms with van der Waals surface area (Å²) in [5.41, 5.74) is 0.725. The molecule has 0 spiro atoms. The van der Waals surface area contributed by atoms with Crippen LogP contribution < -0.4 is 19.9 Å². The number of ether oxygens (including phenoxy) is 1. The molecule has 28 heavy (non-hydrogen) atoms. The molecule has 1 aromatic carbocycles. The summed E-state index contributed by atoms with van der Waals surface area (Å²) in [5.74, 6) is 2.72. The Bertz CT molecular complexity index is 814. The third-order valence-corrected chi connectivity index (χ3v) is 5.62. The van der Waals surface area contributed by atoms with Gasteiger partial charge in [0.05, 0.1) is 12.8 Å². The number of aromatic nitrogens is 2. The van der Waals surface area contributed by atoms with Crippen LogP contribution in [0.3, 0.4) is 0 Å². The lowest BCUT2D eigenvalue weighted by Crippen LogP contribution is -2.38. The van der Waals surface area contributed by atoms with Crippen molar-refractivity contribution in [2.75, 3.05) is 48.4 Å². The number of hydrogen-bond donors (Lipinski definition) is 1. The molecule has 0 aliphatic carbocycles. The van der Waals surface area contributed by atoms with E-state index < -0.39 is 0 Å². The Hall–Kier alpha value is -2.83. The fourth-order valence-corrected chi connectivity index (χ4v) is 3.98. The highest BCUT2D eigenvalue weighted by Gasteiger charge is 2.26. The lowest BCUT2D eigenvalue weighted by atomic mass is 9.95. The van der Waals surface area contributed by atoms with E-state index in [1.165, 1.54) is 12.8 Å². The highest BCUT2D eigenvalue weighted by molar-refractivity contribution is 5.94. The van der Waals surface area contributed by atoms with E-state index in [1.807, 2.05) is 24.3 Å². The molecule has 7 heteroatoms. The number of nitrogens with one attached hydrogen (secondary N) is 1. The first-order chi connectivity index (χ1) is 13.7. The molecule has 148 valence electrons. The van der Waals surface area contributed by atoms with Gasteiger partial charge in [-0.15, -0.1) is 0 Å². The van der Waals surface area contributed by atoms with Crippen molar-refractivity contribution in [1.29, 1.82) is 0 Å². The number of para-hydroxylation sites is 2. The zero-order valence-corrected chi connectivity index (χ0v) is 16.3. The molecule has 2 aliphatic heterocycles. The monoisotopic (exact) mass is 381 g/mol. The lowest BCUT2D eigenvalue weighted by molar-refractivity contribution is -0.120. The standard InChI is InChI=1S/C21H27N5O2/c1-28-18-7-3-2-6-17(18)24-21(27)16-8-12-26(13-9-16)20-14-19(22-15-23-20)25-10-4-5-11-25/h2-3,6-7,14-16H,4-5,8-13H2,1H3,(H,24,27). The summed E-state index contributed by atoms with van der Waals surface area (Å²) in [4.78, 5) is 26.2. The average molecular weight is 381 g/mol. The zero-order valence-electron chi connectivity index (χ0n) is 16.3. The van der Waals surface area contributed by atoms with Crippen LogP contribution in [0.15, 0.2) is 36.7 Å². The number of benzene rings is 1. The predicted molar refractivity (Wildman–Crippen MR) is 110 cm³/mol. The molecule has 4 rings (SSSR count). The van der Waals surface area contributed by atoms with Gasteiger partial charge in [0, 0.05) is 38.2 Å². The maximum Gasteiger partial charge on any atom is 0.227 e. The molecule has 1 N–H and O–H groups in total. The molecule has 1 aromatic heterocycles. The molecule has 3 heterocycles. The van der Waals surface area contributed by atoms with Crippen LogP contribution in [-0.2, 0) is 4.79 Å². The Morgan fingerprint density at radius 2 is 1.68 bits per heavy atom. The Balaban J connectivity index is 1.35. The molecule has 0 saturated carbocycles. The van der Waals surface area contributed by atoms with Crippen LogP contribution in [0.4, 0.5) is 17.3 Å². The van der Waals surface area contributed by atoms with Crippen LogP contribution in [0.25, 0.3) is 0 Å². The van der Waals surface area contributed by atoms with E-state index >= 15 is 0 Å². The minimum atomic E-state index is 0.000974. The van der Waals surface area contributed by atoms with Gasteiger partial charge in [0.1, 0.15) is 23.7 Å². The maximum absolute atomic E-state index is 12.7. The van der Waals surface area contributed by atoms with Gasteiger partial charge >= 0.3 is 0 Å². The molecule has 0 radical (unpaired) electrons. The van der Waals surface area contributed by atoms with E-state index in [2.05, 4.69) is 31.2 Å². The number of piperidine rings is 1. The van der Waals surface area contributed by atoms with Crippen molar-refractivity contribution in [3.8, 4) is 5.75 Å². The van der Waals surface area contributed by atoms with Gasteiger partial charge in [0.2, 0.25) is 5.91 Å². The molecule has 0 bridgehead atoms. The third kappa shape index (κ3) is 4.03. The summed E-state index contributed by atoms with van der Waals surface area (Å²) in [6, 6.07) is 9.59. The SMILES string of the molecule is COc1ccccc1NC(=O)C1CCN(c2cc(N3CCCC3)ncn2)CC1. The lowest BCUT2D eigenvalue weighted by Gasteiger charge is -2.32. The molecular formula is C21H27N5O2. The highest BCUT2D eigenvalue weighted by atomic mass is 16.5.